The van der Waals surface area contributed by atoms with Crippen LogP contribution in [0.1, 0.15) is 27.0 Å². The summed E-state index contributed by atoms with van der Waals surface area (Å²) in [6.45, 7) is 0. The molecule has 6 nitrogen and oxygen atoms in total. The molecule has 5 rings (SSSR count). The third-order valence-corrected chi connectivity index (χ3v) is 7.55. The Bertz CT molecular complexity index is 1770. The van der Waals surface area contributed by atoms with Crippen molar-refractivity contribution in [2.75, 3.05) is 6.26 Å². The molecule has 1 amide bonds. The van der Waals surface area contributed by atoms with E-state index in [-0.39, 0.29) is 16.1 Å². The second kappa shape index (κ2) is 8.45. The Balaban J connectivity index is 1.76. The average Bonchev–Trinajstić information content (AvgIpc) is 3.21. The van der Waals surface area contributed by atoms with Crippen LogP contribution >= 0.6 is 0 Å². The van der Waals surface area contributed by atoms with Gasteiger partial charge in [0.05, 0.1) is 10.5 Å². The van der Waals surface area contributed by atoms with Gasteiger partial charge in [0.1, 0.15) is 5.56 Å². The van der Waals surface area contributed by atoms with Gasteiger partial charge in [-0.1, -0.05) is 36.4 Å². The standard InChI is InChI=1S/C27H19F3N2O4S/c1-37(35,36)22-10-9-19(21-13-15-5-2-3-8-18(15)23(21)22)20-11-12-32(26(34)24(20)25(31)33)17-7-4-6-16(14-17)27(28,29)30/h2-12,14H,13H2,1H3,(H2,31,33). The summed E-state index contributed by atoms with van der Waals surface area (Å²) in [5, 5.41) is 0. The molecule has 0 fully saturated rings. The molecule has 1 aromatic heterocycles. The summed E-state index contributed by atoms with van der Waals surface area (Å²) in [6, 6.07) is 15.8. The smallest absolute Gasteiger partial charge is 0.365 e. The average molecular weight is 525 g/mol. The molecule has 1 aliphatic rings. The SMILES string of the molecule is CS(=O)(=O)c1ccc(-c2ccn(-c3cccc(C(F)(F)F)c3)c(=O)c2C(N)=O)c2c1-c1ccccc1C2. The molecule has 0 radical (unpaired) electrons. The number of carbonyl (C=O) groups excluding carboxylic acids is 1. The first-order valence-electron chi connectivity index (χ1n) is 11.1. The lowest BCUT2D eigenvalue weighted by Gasteiger charge is -2.17. The molecule has 0 spiro atoms. The van der Waals surface area contributed by atoms with Crippen LogP contribution in [0.15, 0.2) is 82.6 Å². The minimum Gasteiger partial charge on any atom is -0.365 e. The summed E-state index contributed by atoms with van der Waals surface area (Å²) >= 11 is 0. The first-order valence-corrected chi connectivity index (χ1v) is 12.9. The van der Waals surface area contributed by atoms with E-state index < -0.39 is 38.6 Å². The summed E-state index contributed by atoms with van der Waals surface area (Å²) < 4.78 is 65.8. The van der Waals surface area contributed by atoms with Crippen LogP contribution in [0.2, 0.25) is 0 Å². The summed E-state index contributed by atoms with van der Waals surface area (Å²) in [5.41, 5.74) is 6.60. The number of rotatable bonds is 4. The number of sulfone groups is 1. The molecule has 4 aromatic rings. The van der Waals surface area contributed by atoms with Crippen LogP contribution in [0.5, 0.6) is 0 Å². The van der Waals surface area contributed by atoms with Gasteiger partial charge in [-0.2, -0.15) is 13.2 Å². The molecule has 37 heavy (non-hydrogen) atoms. The Labute approximate surface area is 209 Å². The molecule has 0 aliphatic heterocycles. The molecule has 3 aromatic carbocycles. The number of primary amides is 1. The van der Waals surface area contributed by atoms with Gasteiger partial charge in [-0.3, -0.25) is 14.2 Å². The van der Waals surface area contributed by atoms with Gasteiger partial charge in [0.15, 0.2) is 9.84 Å². The fourth-order valence-electron chi connectivity index (χ4n) is 4.81. The predicted octanol–water partition coefficient (Wildman–Crippen LogP) is 4.60. The maximum atomic E-state index is 13.4. The first-order chi connectivity index (χ1) is 17.4. The summed E-state index contributed by atoms with van der Waals surface area (Å²) in [7, 11) is -3.61. The quantitative estimate of drug-likeness (QED) is 0.372. The second-order valence-electron chi connectivity index (χ2n) is 8.76. The number of hydrogen-bond donors (Lipinski definition) is 1. The molecular formula is C27H19F3N2O4S. The lowest BCUT2D eigenvalue weighted by atomic mass is 9.93. The predicted molar refractivity (Wildman–Crippen MR) is 132 cm³/mol. The zero-order valence-corrected chi connectivity index (χ0v) is 20.2. The molecule has 0 atom stereocenters. The molecule has 0 saturated carbocycles. The molecule has 1 aliphatic carbocycles. The van der Waals surface area contributed by atoms with E-state index in [1.165, 1.54) is 30.5 Å². The zero-order valence-electron chi connectivity index (χ0n) is 19.3. The Morgan fingerprint density at radius 2 is 1.68 bits per heavy atom. The van der Waals surface area contributed by atoms with E-state index >= 15 is 0 Å². The third-order valence-electron chi connectivity index (χ3n) is 6.41. The number of fused-ring (bicyclic) bond motifs is 3. The van der Waals surface area contributed by atoms with Gasteiger partial charge in [0.25, 0.3) is 11.5 Å². The van der Waals surface area contributed by atoms with E-state index in [0.717, 1.165) is 40.1 Å². The van der Waals surface area contributed by atoms with Crippen molar-refractivity contribution in [2.24, 2.45) is 5.73 Å². The summed E-state index contributed by atoms with van der Waals surface area (Å²) in [6.07, 6.45) is -1.88. The van der Waals surface area contributed by atoms with Crippen molar-refractivity contribution in [3.05, 3.63) is 106 Å². The van der Waals surface area contributed by atoms with Crippen molar-refractivity contribution >= 4 is 15.7 Å². The highest BCUT2D eigenvalue weighted by Gasteiger charge is 2.32. The van der Waals surface area contributed by atoms with Gasteiger partial charge in [0, 0.05) is 29.3 Å². The van der Waals surface area contributed by atoms with Crippen LogP contribution in [0.25, 0.3) is 27.9 Å². The topological polar surface area (TPSA) is 99.2 Å². The van der Waals surface area contributed by atoms with Gasteiger partial charge < -0.3 is 5.73 Å². The Morgan fingerprint density at radius 1 is 0.946 bits per heavy atom. The largest absolute Gasteiger partial charge is 0.416 e. The van der Waals surface area contributed by atoms with Gasteiger partial charge in [-0.05, 0) is 59.0 Å². The van der Waals surface area contributed by atoms with E-state index in [4.69, 9.17) is 5.73 Å². The minimum atomic E-state index is -4.62. The number of amides is 1. The Morgan fingerprint density at radius 3 is 2.35 bits per heavy atom. The van der Waals surface area contributed by atoms with Crippen molar-refractivity contribution in [1.29, 1.82) is 0 Å². The van der Waals surface area contributed by atoms with Crippen molar-refractivity contribution < 1.29 is 26.4 Å². The van der Waals surface area contributed by atoms with Gasteiger partial charge in [-0.25, -0.2) is 8.42 Å². The van der Waals surface area contributed by atoms with E-state index in [0.29, 0.717) is 23.1 Å². The zero-order chi connectivity index (χ0) is 26.7. The number of benzene rings is 3. The molecule has 10 heteroatoms. The van der Waals surface area contributed by atoms with E-state index in [1.807, 2.05) is 12.1 Å². The molecule has 0 bridgehead atoms. The van der Waals surface area contributed by atoms with Gasteiger partial charge in [-0.15, -0.1) is 0 Å². The number of nitrogens with two attached hydrogens (primary N) is 1. The van der Waals surface area contributed by atoms with Crippen LogP contribution in [0.4, 0.5) is 13.2 Å². The molecular weight excluding hydrogens is 505 g/mol. The number of pyridine rings is 1. The van der Waals surface area contributed by atoms with Crippen LogP contribution < -0.4 is 11.3 Å². The normalized spacial score (nSPS) is 12.8. The maximum absolute atomic E-state index is 13.4. The van der Waals surface area contributed by atoms with Gasteiger partial charge in [0.2, 0.25) is 0 Å². The second-order valence-corrected chi connectivity index (χ2v) is 10.7. The number of alkyl halides is 3. The van der Waals surface area contributed by atoms with Crippen molar-refractivity contribution in [3.63, 3.8) is 0 Å². The first kappa shape index (κ1) is 24.5. The minimum absolute atomic E-state index is 0.0843. The molecule has 0 saturated heterocycles. The fourth-order valence-corrected chi connectivity index (χ4v) is 5.73. The highest BCUT2D eigenvalue weighted by atomic mass is 32.2. The van der Waals surface area contributed by atoms with Crippen LogP contribution in [-0.2, 0) is 22.4 Å². The van der Waals surface area contributed by atoms with Gasteiger partial charge >= 0.3 is 6.18 Å². The summed E-state index contributed by atoms with van der Waals surface area (Å²) in [5.74, 6) is -1.06. The lowest BCUT2D eigenvalue weighted by molar-refractivity contribution is -0.137. The van der Waals surface area contributed by atoms with Crippen molar-refractivity contribution in [2.45, 2.75) is 17.5 Å². The van der Waals surface area contributed by atoms with E-state index in [1.54, 1.807) is 12.1 Å². The van der Waals surface area contributed by atoms with E-state index in [9.17, 15) is 31.2 Å². The lowest BCUT2D eigenvalue weighted by Crippen LogP contribution is -2.29. The number of aromatic nitrogens is 1. The van der Waals surface area contributed by atoms with Crippen LogP contribution in [0.3, 0.4) is 0 Å². The molecule has 2 N–H and O–H groups in total. The number of hydrogen-bond acceptors (Lipinski definition) is 4. The number of halogens is 3. The molecule has 188 valence electrons. The maximum Gasteiger partial charge on any atom is 0.416 e. The highest BCUT2D eigenvalue weighted by Crippen LogP contribution is 2.45. The fraction of sp³-hybridized carbons (Fsp3) is 0.111. The van der Waals surface area contributed by atoms with Crippen LogP contribution in [-0.4, -0.2) is 25.1 Å². The molecule has 0 unspecified atom stereocenters. The van der Waals surface area contributed by atoms with E-state index in [2.05, 4.69) is 0 Å². The monoisotopic (exact) mass is 524 g/mol. The van der Waals surface area contributed by atoms with Crippen molar-refractivity contribution in [1.82, 2.24) is 4.57 Å². The number of nitrogens with zero attached hydrogens (tertiary/aromatic N) is 1. The Kier molecular flexibility index (Phi) is 5.60. The summed E-state index contributed by atoms with van der Waals surface area (Å²) in [4.78, 5) is 26.0. The van der Waals surface area contributed by atoms with Crippen LogP contribution in [0, 0.1) is 0 Å². The highest BCUT2D eigenvalue weighted by molar-refractivity contribution is 7.90. The Hall–Kier alpha value is -4.18. The van der Waals surface area contributed by atoms with Crippen molar-refractivity contribution in [3.8, 4) is 27.9 Å². The molecule has 1 heterocycles. The number of carbonyl (C=O) groups is 1. The third kappa shape index (κ3) is 4.13.